The minimum atomic E-state index is -1.01. The number of hydrogen-bond acceptors (Lipinski definition) is 5. The number of carboxylic acid groups (broad SMARTS) is 1. The van der Waals surface area contributed by atoms with Crippen molar-refractivity contribution in [2.45, 2.75) is 25.0 Å². The first-order valence-electron chi connectivity index (χ1n) is 5.97. The van der Waals surface area contributed by atoms with Crippen LogP contribution in [0.15, 0.2) is 12.1 Å². The predicted molar refractivity (Wildman–Crippen MR) is 65.3 cm³/mol. The number of H-pyrrole nitrogens is 1. The fourth-order valence-electron chi connectivity index (χ4n) is 1.96. The quantitative estimate of drug-likeness (QED) is 0.525. The van der Waals surface area contributed by atoms with Gasteiger partial charge < -0.3 is 25.3 Å². The highest BCUT2D eigenvalue weighted by atomic mass is 16.6. The fourth-order valence-corrected chi connectivity index (χ4v) is 1.96. The molecule has 1 aliphatic heterocycles. The van der Waals surface area contributed by atoms with Crippen LogP contribution >= 0.6 is 0 Å². The molecule has 1 fully saturated rings. The molecule has 20 heavy (non-hydrogen) atoms. The number of rotatable bonds is 5. The molecule has 9 heteroatoms. The van der Waals surface area contributed by atoms with Gasteiger partial charge in [0.05, 0.1) is 6.10 Å². The van der Waals surface area contributed by atoms with E-state index in [9.17, 15) is 19.7 Å². The van der Waals surface area contributed by atoms with Crippen molar-refractivity contribution < 1.29 is 24.4 Å². The largest absolute Gasteiger partial charge is 0.479 e. The summed E-state index contributed by atoms with van der Waals surface area (Å²) in [7, 11) is 0. The third kappa shape index (κ3) is 3.12. The molecular formula is C11H13N3O6. The monoisotopic (exact) mass is 283 g/mol. The van der Waals surface area contributed by atoms with Crippen LogP contribution in [-0.2, 0) is 9.53 Å². The Morgan fingerprint density at radius 1 is 1.50 bits per heavy atom. The molecule has 3 N–H and O–H groups in total. The molecule has 0 radical (unpaired) electrons. The molecule has 0 aromatic carbocycles. The number of carbonyl (C=O) groups is 2. The Morgan fingerprint density at radius 3 is 2.80 bits per heavy atom. The number of carboxylic acids is 1. The highest BCUT2D eigenvalue weighted by Gasteiger charge is 2.30. The summed E-state index contributed by atoms with van der Waals surface area (Å²) in [4.78, 5) is 34.6. The summed E-state index contributed by atoms with van der Waals surface area (Å²) in [6.45, 7) is 0.162. The number of ether oxygens (including phenoxy) is 1. The van der Waals surface area contributed by atoms with Gasteiger partial charge in [-0.15, -0.1) is 0 Å². The number of carbonyl (C=O) groups excluding carboxylic acids is 1. The van der Waals surface area contributed by atoms with Gasteiger partial charge >= 0.3 is 11.8 Å². The molecule has 0 saturated carbocycles. The molecule has 1 aromatic rings. The van der Waals surface area contributed by atoms with Gasteiger partial charge in [0, 0.05) is 12.6 Å². The molecule has 0 bridgehead atoms. The Hall–Kier alpha value is -2.42. The van der Waals surface area contributed by atoms with E-state index in [-0.39, 0.29) is 24.2 Å². The normalized spacial score (nSPS) is 21.6. The minimum absolute atomic E-state index is 0.0736. The van der Waals surface area contributed by atoms with Crippen molar-refractivity contribution in [3.63, 3.8) is 0 Å². The number of aliphatic carboxylic acids is 1. The maximum Gasteiger partial charge on any atom is 0.332 e. The van der Waals surface area contributed by atoms with E-state index in [2.05, 4.69) is 10.3 Å². The van der Waals surface area contributed by atoms with Crippen molar-refractivity contribution in [1.82, 2.24) is 10.3 Å². The van der Waals surface area contributed by atoms with Crippen LogP contribution in [0.2, 0.25) is 0 Å². The van der Waals surface area contributed by atoms with Crippen LogP contribution in [0.1, 0.15) is 23.3 Å². The van der Waals surface area contributed by atoms with E-state index in [1.807, 2.05) is 0 Å². The average Bonchev–Trinajstić information content (AvgIpc) is 3.05. The summed E-state index contributed by atoms with van der Waals surface area (Å²) in [6, 6.07) is 2.50. The highest BCUT2D eigenvalue weighted by Crippen LogP contribution is 2.19. The summed E-state index contributed by atoms with van der Waals surface area (Å²) in [5.74, 6) is -1.78. The Labute approximate surface area is 113 Å². The smallest absolute Gasteiger partial charge is 0.332 e. The third-order valence-electron chi connectivity index (χ3n) is 2.99. The Bertz CT molecular complexity index is 540. The summed E-state index contributed by atoms with van der Waals surface area (Å²) in [5.41, 5.74) is 0.0736. The zero-order valence-electron chi connectivity index (χ0n) is 10.4. The van der Waals surface area contributed by atoms with Crippen LogP contribution in [0.3, 0.4) is 0 Å². The molecule has 2 heterocycles. The van der Waals surface area contributed by atoms with E-state index in [1.165, 1.54) is 12.1 Å². The van der Waals surface area contributed by atoms with Gasteiger partial charge in [-0.05, 0) is 23.8 Å². The van der Waals surface area contributed by atoms with Crippen molar-refractivity contribution in [2.24, 2.45) is 0 Å². The molecule has 0 spiro atoms. The Morgan fingerprint density at radius 2 is 2.25 bits per heavy atom. The average molecular weight is 283 g/mol. The number of aromatic amines is 1. The Kier molecular flexibility index (Phi) is 3.99. The van der Waals surface area contributed by atoms with Crippen molar-refractivity contribution in [2.75, 3.05) is 6.54 Å². The molecule has 1 saturated heterocycles. The van der Waals surface area contributed by atoms with E-state index in [0.29, 0.717) is 12.8 Å². The van der Waals surface area contributed by atoms with Gasteiger partial charge in [0.2, 0.25) is 0 Å². The molecule has 1 aromatic heterocycles. The van der Waals surface area contributed by atoms with Gasteiger partial charge in [0.25, 0.3) is 5.91 Å². The molecule has 2 unspecified atom stereocenters. The molecular weight excluding hydrogens is 270 g/mol. The first-order chi connectivity index (χ1) is 9.47. The van der Waals surface area contributed by atoms with Crippen LogP contribution in [0.4, 0.5) is 5.82 Å². The van der Waals surface area contributed by atoms with Crippen molar-refractivity contribution in [3.8, 4) is 0 Å². The molecule has 0 aliphatic carbocycles. The second-order valence-electron chi connectivity index (χ2n) is 4.39. The summed E-state index contributed by atoms with van der Waals surface area (Å²) in [5, 5.41) is 21.8. The lowest BCUT2D eigenvalue weighted by molar-refractivity contribution is -0.389. The number of hydrogen-bond donors (Lipinski definition) is 3. The van der Waals surface area contributed by atoms with E-state index in [4.69, 9.17) is 9.84 Å². The molecule has 1 aliphatic rings. The first kappa shape index (κ1) is 14.0. The van der Waals surface area contributed by atoms with Gasteiger partial charge in [0.15, 0.2) is 11.8 Å². The number of nitrogens with zero attached hydrogens (tertiary/aromatic N) is 1. The van der Waals surface area contributed by atoms with Crippen LogP contribution in [0.25, 0.3) is 0 Å². The summed E-state index contributed by atoms with van der Waals surface area (Å²) in [6.07, 6.45) is -0.236. The third-order valence-corrected chi connectivity index (χ3v) is 2.99. The minimum Gasteiger partial charge on any atom is -0.479 e. The van der Waals surface area contributed by atoms with E-state index in [1.54, 1.807) is 0 Å². The molecule has 2 atom stereocenters. The number of aromatic nitrogens is 1. The lowest BCUT2D eigenvalue weighted by atomic mass is 10.2. The van der Waals surface area contributed by atoms with Crippen molar-refractivity contribution in [1.29, 1.82) is 0 Å². The van der Waals surface area contributed by atoms with Gasteiger partial charge in [-0.2, -0.15) is 0 Å². The predicted octanol–water partition coefficient (Wildman–Crippen LogP) is 0.285. The van der Waals surface area contributed by atoms with Gasteiger partial charge in [-0.3, -0.25) is 4.79 Å². The van der Waals surface area contributed by atoms with Crippen LogP contribution in [0.5, 0.6) is 0 Å². The SMILES string of the molecule is O=C(NCC1CCC(C(=O)O)O1)c1ccc([N+](=O)[O-])[nH]1. The number of amides is 1. The summed E-state index contributed by atoms with van der Waals surface area (Å²) >= 11 is 0. The first-order valence-corrected chi connectivity index (χ1v) is 5.97. The second-order valence-corrected chi connectivity index (χ2v) is 4.39. The molecule has 108 valence electrons. The fraction of sp³-hybridized carbons (Fsp3) is 0.455. The maximum atomic E-state index is 11.7. The topological polar surface area (TPSA) is 135 Å². The lowest BCUT2D eigenvalue weighted by Gasteiger charge is -2.11. The highest BCUT2D eigenvalue weighted by molar-refractivity contribution is 5.92. The standard InChI is InChI=1S/C11H13N3O6/c15-10(7-2-4-9(13-7)14(18)19)12-5-6-1-3-8(20-6)11(16)17/h2,4,6,8,13H,1,3,5H2,(H,12,15)(H,16,17). The van der Waals surface area contributed by atoms with Gasteiger partial charge in [-0.25, -0.2) is 9.78 Å². The maximum absolute atomic E-state index is 11.7. The van der Waals surface area contributed by atoms with E-state index >= 15 is 0 Å². The van der Waals surface area contributed by atoms with E-state index < -0.39 is 22.9 Å². The zero-order valence-corrected chi connectivity index (χ0v) is 10.4. The number of nitrogens with one attached hydrogen (secondary N) is 2. The lowest BCUT2D eigenvalue weighted by Crippen LogP contribution is -2.33. The van der Waals surface area contributed by atoms with Crippen molar-refractivity contribution in [3.05, 3.63) is 27.9 Å². The molecule has 9 nitrogen and oxygen atoms in total. The van der Waals surface area contributed by atoms with Crippen LogP contribution in [-0.4, -0.2) is 45.6 Å². The molecule has 1 amide bonds. The van der Waals surface area contributed by atoms with Gasteiger partial charge in [-0.1, -0.05) is 0 Å². The molecule has 2 rings (SSSR count). The second kappa shape index (κ2) is 5.70. The summed E-state index contributed by atoms with van der Waals surface area (Å²) < 4.78 is 5.22. The zero-order chi connectivity index (χ0) is 14.7. The Balaban J connectivity index is 1.83. The van der Waals surface area contributed by atoms with E-state index in [0.717, 1.165) is 0 Å². The van der Waals surface area contributed by atoms with Crippen LogP contribution < -0.4 is 5.32 Å². The van der Waals surface area contributed by atoms with Crippen molar-refractivity contribution >= 4 is 17.7 Å². The van der Waals surface area contributed by atoms with Gasteiger partial charge in [0.1, 0.15) is 0 Å². The van der Waals surface area contributed by atoms with Crippen LogP contribution in [0, 0.1) is 10.1 Å². The number of nitro groups is 1.